The molecule has 86 valence electrons. The Hall–Kier alpha value is -0.420. The smallest absolute Gasteiger partial charge is 0.156 e. The van der Waals surface area contributed by atoms with Crippen molar-refractivity contribution in [3.63, 3.8) is 0 Å². The fourth-order valence-corrected chi connectivity index (χ4v) is 4.74. The van der Waals surface area contributed by atoms with Crippen molar-refractivity contribution >= 4 is 15.9 Å². The van der Waals surface area contributed by atoms with Crippen molar-refractivity contribution in [3.05, 3.63) is 0 Å². The monoisotopic (exact) mass is 231 g/mol. The van der Waals surface area contributed by atoms with Crippen LogP contribution in [-0.4, -0.2) is 24.0 Å². The average molecular weight is 231 g/mol. The number of fused-ring (bicyclic) bond motifs is 2. The molecule has 0 heterocycles. The minimum atomic E-state index is -4.49. The predicted octanol–water partition coefficient (Wildman–Crippen LogP) is 0.925. The molecule has 2 saturated carbocycles. The maximum absolute atomic E-state index is 12.0. The van der Waals surface area contributed by atoms with Gasteiger partial charge in [0.15, 0.2) is 5.78 Å². The van der Waals surface area contributed by atoms with Crippen LogP contribution < -0.4 is 0 Å². The van der Waals surface area contributed by atoms with Crippen LogP contribution in [-0.2, 0) is 14.9 Å². The standard InChI is InChI=1S/C10H16O4S/c1-9(2)6-4-5-10(9,3)8(11)7(6)15(12,13)14/h6-7H,4-5H2,1-3H3,(H,12,13,14)/p-1. The fraction of sp³-hybridized carbons (Fsp3) is 0.900. The highest BCUT2D eigenvalue weighted by atomic mass is 32.2. The van der Waals surface area contributed by atoms with E-state index in [2.05, 4.69) is 0 Å². The fourth-order valence-electron chi connectivity index (χ4n) is 3.34. The lowest BCUT2D eigenvalue weighted by molar-refractivity contribution is -0.128. The molecule has 0 radical (unpaired) electrons. The van der Waals surface area contributed by atoms with E-state index < -0.39 is 20.8 Å². The molecule has 3 unspecified atom stereocenters. The van der Waals surface area contributed by atoms with Crippen molar-refractivity contribution in [3.8, 4) is 0 Å². The molecule has 15 heavy (non-hydrogen) atoms. The van der Waals surface area contributed by atoms with Gasteiger partial charge >= 0.3 is 0 Å². The van der Waals surface area contributed by atoms with E-state index >= 15 is 0 Å². The highest BCUT2D eigenvalue weighted by molar-refractivity contribution is 7.87. The molecule has 3 atom stereocenters. The van der Waals surface area contributed by atoms with Gasteiger partial charge in [0, 0.05) is 5.41 Å². The van der Waals surface area contributed by atoms with Crippen LogP contribution in [0.2, 0.25) is 0 Å². The number of carbonyl (C=O) groups is 1. The van der Waals surface area contributed by atoms with E-state index in [1.54, 1.807) is 6.92 Å². The van der Waals surface area contributed by atoms with Gasteiger partial charge in [0.1, 0.15) is 15.4 Å². The highest BCUT2D eigenvalue weighted by Gasteiger charge is 2.67. The summed E-state index contributed by atoms with van der Waals surface area (Å²) in [6.45, 7) is 5.59. The molecule has 0 aliphatic heterocycles. The van der Waals surface area contributed by atoms with Crippen LogP contribution in [0.4, 0.5) is 0 Å². The van der Waals surface area contributed by atoms with Crippen molar-refractivity contribution in [2.75, 3.05) is 0 Å². The first-order valence-corrected chi connectivity index (χ1v) is 6.58. The van der Waals surface area contributed by atoms with Crippen molar-refractivity contribution in [2.45, 2.75) is 38.9 Å². The molecule has 2 aliphatic rings. The topological polar surface area (TPSA) is 74.3 Å². The van der Waals surface area contributed by atoms with Gasteiger partial charge in [0.05, 0.1) is 0 Å². The second kappa shape index (κ2) is 2.63. The first-order valence-electron chi connectivity index (χ1n) is 5.11. The Morgan fingerprint density at radius 3 is 2.13 bits per heavy atom. The van der Waals surface area contributed by atoms with Gasteiger partial charge in [-0.1, -0.05) is 20.8 Å². The van der Waals surface area contributed by atoms with Crippen molar-refractivity contribution in [1.82, 2.24) is 0 Å². The lowest BCUT2D eigenvalue weighted by Gasteiger charge is -2.32. The molecule has 2 rings (SSSR count). The molecule has 0 aromatic heterocycles. The maximum atomic E-state index is 12.0. The zero-order valence-corrected chi connectivity index (χ0v) is 9.93. The van der Waals surface area contributed by atoms with E-state index in [4.69, 9.17) is 0 Å². The largest absolute Gasteiger partial charge is 0.747 e. The van der Waals surface area contributed by atoms with E-state index in [0.717, 1.165) is 0 Å². The highest BCUT2D eigenvalue weighted by Crippen LogP contribution is 2.64. The van der Waals surface area contributed by atoms with E-state index in [0.29, 0.717) is 12.8 Å². The molecule has 5 heteroatoms. The number of hydrogen-bond donors (Lipinski definition) is 0. The van der Waals surface area contributed by atoms with Crippen molar-refractivity contribution in [1.29, 1.82) is 0 Å². The van der Waals surface area contributed by atoms with E-state index in [-0.39, 0.29) is 17.1 Å². The van der Waals surface area contributed by atoms with Crippen LogP contribution in [0.5, 0.6) is 0 Å². The van der Waals surface area contributed by atoms with Gasteiger partial charge in [-0.2, -0.15) is 0 Å². The summed E-state index contributed by atoms with van der Waals surface area (Å²) >= 11 is 0. The summed E-state index contributed by atoms with van der Waals surface area (Å²) in [6.07, 6.45) is 1.37. The second-order valence-electron chi connectivity index (χ2n) is 5.48. The summed E-state index contributed by atoms with van der Waals surface area (Å²) in [7, 11) is -4.49. The molecule has 0 N–H and O–H groups in total. The second-order valence-corrected chi connectivity index (χ2v) is 6.97. The minimum absolute atomic E-state index is 0.294. The molecular formula is C10H15O4S-. The lowest BCUT2D eigenvalue weighted by Crippen LogP contribution is -2.38. The Balaban J connectivity index is 2.57. The Morgan fingerprint density at radius 1 is 1.33 bits per heavy atom. The summed E-state index contributed by atoms with van der Waals surface area (Å²) in [5.41, 5.74) is -0.994. The number of hydrogen-bond acceptors (Lipinski definition) is 4. The number of Topliss-reactive ketones (excluding diaryl/α,β-unsaturated/α-hetero) is 1. The van der Waals surface area contributed by atoms with Gasteiger partial charge in [0.25, 0.3) is 0 Å². The van der Waals surface area contributed by atoms with Crippen LogP contribution in [0.15, 0.2) is 0 Å². The molecule has 2 fully saturated rings. The van der Waals surface area contributed by atoms with Crippen LogP contribution in [0, 0.1) is 16.7 Å². The van der Waals surface area contributed by atoms with Gasteiger partial charge < -0.3 is 4.55 Å². The molecule has 4 nitrogen and oxygen atoms in total. The summed E-state index contributed by atoms with van der Waals surface area (Å²) < 4.78 is 33.3. The van der Waals surface area contributed by atoms with Gasteiger partial charge in [-0.05, 0) is 24.2 Å². The molecule has 0 amide bonds. The van der Waals surface area contributed by atoms with Crippen molar-refractivity contribution in [2.24, 2.45) is 16.7 Å². The van der Waals surface area contributed by atoms with Crippen LogP contribution in [0.25, 0.3) is 0 Å². The maximum Gasteiger partial charge on any atom is 0.156 e. The Bertz CT molecular complexity index is 423. The molecule has 0 aromatic carbocycles. The molecule has 2 aliphatic carbocycles. The van der Waals surface area contributed by atoms with E-state index in [9.17, 15) is 17.8 Å². The normalized spacial score (nSPS) is 43.6. The first kappa shape index (κ1) is 11.1. The van der Waals surface area contributed by atoms with Crippen LogP contribution in [0.3, 0.4) is 0 Å². The third kappa shape index (κ3) is 1.11. The Kier molecular flexibility index (Phi) is 1.94. The molecule has 0 spiro atoms. The Morgan fingerprint density at radius 2 is 1.87 bits per heavy atom. The van der Waals surface area contributed by atoms with Gasteiger partial charge in [-0.25, -0.2) is 8.42 Å². The number of carbonyl (C=O) groups excluding carboxylic acids is 1. The summed E-state index contributed by atoms with van der Waals surface area (Å²) in [4.78, 5) is 12.0. The summed E-state index contributed by atoms with van der Waals surface area (Å²) in [6, 6.07) is 0. The predicted molar refractivity (Wildman–Crippen MR) is 53.1 cm³/mol. The summed E-state index contributed by atoms with van der Waals surface area (Å²) in [5, 5.41) is -1.30. The third-order valence-electron chi connectivity index (χ3n) is 4.78. The Labute approximate surface area is 89.8 Å². The SMILES string of the molecule is CC12CCC(C(S(=O)(=O)[O-])C1=O)C2(C)C. The van der Waals surface area contributed by atoms with Gasteiger partial charge in [-0.3, -0.25) is 4.79 Å². The van der Waals surface area contributed by atoms with Crippen LogP contribution >= 0.6 is 0 Å². The zero-order chi connectivity index (χ0) is 11.6. The zero-order valence-electron chi connectivity index (χ0n) is 9.11. The lowest BCUT2D eigenvalue weighted by atomic mass is 9.70. The molecule has 0 aromatic rings. The number of ketones is 1. The average Bonchev–Trinajstić information content (AvgIpc) is 2.33. The molecular weight excluding hydrogens is 216 g/mol. The van der Waals surface area contributed by atoms with Crippen LogP contribution in [0.1, 0.15) is 33.6 Å². The van der Waals surface area contributed by atoms with E-state index in [1.165, 1.54) is 0 Å². The molecule has 0 saturated heterocycles. The quantitative estimate of drug-likeness (QED) is 0.629. The summed E-state index contributed by atoms with van der Waals surface area (Å²) in [5.74, 6) is -0.656. The third-order valence-corrected chi connectivity index (χ3v) is 5.95. The van der Waals surface area contributed by atoms with E-state index in [1.807, 2.05) is 13.8 Å². The number of rotatable bonds is 1. The van der Waals surface area contributed by atoms with Crippen molar-refractivity contribution < 1.29 is 17.8 Å². The van der Waals surface area contributed by atoms with Gasteiger partial charge in [-0.15, -0.1) is 0 Å². The first-order chi connectivity index (χ1) is 6.62. The minimum Gasteiger partial charge on any atom is -0.747 e. The van der Waals surface area contributed by atoms with Gasteiger partial charge in [0.2, 0.25) is 0 Å². The molecule has 2 bridgehead atoms.